The molecule has 0 fully saturated rings. The first-order valence-corrected chi connectivity index (χ1v) is 10.9. The average molecular weight is 454 g/mol. The summed E-state index contributed by atoms with van der Waals surface area (Å²) in [6, 6.07) is 6.16. The minimum Gasteiger partial charge on any atom is -0.491 e. The van der Waals surface area contributed by atoms with Crippen molar-refractivity contribution in [1.29, 1.82) is 0 Å². The van der Waals surface area contributed by atoms with Gasteiger partial charge < -0.3 is 9.47 Å². The van der Waals surface area contributed by atoms with Gasteiger partial charge in [0.1, 0.15) is 15.6 Å². The van der Waals surface area contributed by atoms with Gasteiger partial charge in [-0.3, -0.25) is 0 Å². The fourth-order valence-corrected chi connectivity index (χ4v) is 5.21. The van der Waals surface area contributed by atoms with E-state index in [0.29, 0.717) is 17.2 Å². The second-order valence-corrected chi connectivity index (χ2v) is 8.83. The van der Waals surface area contributed by atoms with Crippen LogP contribution < -0.4 is 4.74 Å². The number of carbonyl (C=O) groups is 1. The number of aromatic nitrogens is 1. The first-order chi connectivity index (χ1) is 12.4. The molecule has 0 amide bonds. The minimum absolute atomic E-state index is 0.172. The summed E-state index contributed by atoms with van der Waals surface area (Å²) >= 11 is 6.68. The number of ether oxygens (including phenoxy) is 2. The van der Waals surface area contributed by atoms with Crippen molar-refractivity contribution in [2.24, 2.45) is 0 Å². The molecule has 4 nitrogen and oxygen atoms in total. The molecule has 2 heterocycles. The van der Waals surface area contributed by atoms with Crippen LogP contribution in [0.15, 0.2) is 22.7 Å². The second-order valence-electron chi connectivity index (χ2n) is 5.92. The molecule has 0 N–H and O–H groups in total. The van der Waals surface area contributed by atoms with Gasteiger partial charge >= 0.3 is 5.97 Å². The highest BCUT2D eigenvalue weighted by Crippen LogP contribution is 2.41. The van der Waals surface area contributed by atoms with Crippen molar-refractivity contribution in [3.63, 3.8) is 0 Å². The Kier molecular flexibility index (Phi) is 5.99. The number of benzene rings is 1. The highest BCUT2D eigenvalue weighted by molar-refractivity contribution is 9.10. The average Bonchev–Trinajstić information content (AvgIpc) is 3.18. The van der Waals surface area contributed by atoms with Crippen molar-refractivity contribution in [1.82, 2.24) is 4.98 Å². The van der Waals surface area contributed by atoms with Crippen LogP contribution in [0.3, 0.4) is 0 Å². The lowest BCUT2D eigenvalue weighted by atomic mass is 10.2. The van der Waals surface area contributed by atoms with E-state index in [2.05, 4.69) is 46.9 Å². The first kappa shape index (κ1) is 19.3. The van der Waals surface area contributed by atoms with Gasteiger partial charge in [-0.1, -0.05) is 6.92 Å². The summed E-state index contributed by atoms with van der Waals surface area (Å²) in [6.07, 6.45) is 1.13. The third kappa shape index (κ3) is 3.94. The Morgan fingerprint density at radius 3 is 2.73 bits per heavy atom. The van der Waals surface area contributed by atoms with Crippen molar-refractivity contribution in [3.05, 3.63) is 33.2 Å². The van der Waals surface area contributed by atoms with E-state index >= 15 is 0 Å². The van der Waals surface area contributed by atoms with Gasteiger partial charge in [0.05, 0.1) is 23.3 Å². The zero-order valence-electron chi connectivity index (χ0n) is 15.1. The maximum atomic E-state index is 12.0. The van der Waals surface area contributed by atoms with Crippen LogP contribution in [-0.2, 0) is 4.74 Å². The highest BCUT2D eigenvalue weighted by atomic mass is 79.9. The van der Waals surface area contributed by atoms with Crippen molar-refractivity contribution in [2.45, 2.75) is 40.2 Å². The monoisotopic (exact) mass is 453 g/mol. The Morgan fingerprint density at radius 2 is 2.04 bits per heavy atom. The molecule has 0 aliphatic carbocycles. The summed E-state index contributed by atoms with van der Waals surface area (Å²) in [5.74, 6) is 0.547. The predicted molar refractivity (Wildman–Crippen MR) is 112 cm³/mol. The molecule has 138 valence electrons. The molecule has 0 saturated carbocycles. The van der Waals surface area contributed by atoms with Gasteiger partial charge in [0, 0.05) is 9.17 Å². The maximum absolute atomic E-state index is 12.0. The molecule has 3 aromatic rings. The van der Waals surface area contributed by atoms with Crippen molar-refractivity contribution in [2.75, 3.05) is 6.61 Å². The molecule has 0 spiro atoms. The van der Waals surface area contributed by atoms with E-state index < -0.39 is 0 Å². The van der Waals surface area contributed by atoms with E-state index in [-0.39, 0.29) is 12.1 Å². The van der Waals surface area contributed by atoms with Gasteiger partial charge in [-0.2, -0.15) is 0 Å². The predicted octanol–water partition coefficient (Wildman–Crippen LogP) is 6.45. The third-order valence-electron chi connectivity index (χ3n) is 3.92. The minimum atomic E-state index is -0.305. The zero-order valence-corrected chi connectivity index (χ0v) is 18.3. The quantitative estimate of drug-likeness (QED) is 0.402. The molecule has 0 saturated heterocycles. The van der Waals surface area contributed by atoms with Crippen LogP contribution in [0, 0.1) is 6.92 Å². The largest absolute Gasteiger partial charge is 0.491 e. The standard InChI is InChI=1S/C19H20BrNO3S2/c1-5-10(3)24-13-7-12-8-15(25-17(12)14(20)9-13)18-21-11(4)16(26-18)19(22)23-6-2/h7-10H,5-6H2,1-4H3. The summed E-state index contributed by atoms with van der Waals surface area (Å²) < 4.78 is 13.2. The Morgan fingerprint density at radius 1 is 1.27 bits per heavy atom. The summed E-state index contributed by atoms with van der Waals surface area (Å²) in [4.78, 5) is 18.2. The molecule has 0 bridgehead atoms. The van der Waals surface area contributed by atoms with Crippen LogP contribution in [0.2, 0.25) is 0 Å². The van der Waals surface area contributed by atoms with E-state index in [0.717, 1.165) is 36.6 Å². The van der Waals surface area contributed by atoms with Gasteiger partial charge in [-0.15, -0.1) is 22.7 Å². The number of thiophene rings is 1. The van der Waals surface area contributed by atoms with Gasteiger partial charge in [-0.05, 0) is 66.7 Å². The fourth-order valence-electron chi connectivity index (χ4n) is 2.46. The lowest BCUT2D eigenvalue weighted by molar-refractivity contribution is 0.0531. The van der Waals surface area contributed by atoms with E-state index in [1.165, 1.54) is 11.3 Å². The normalized spacial score (nSPS) is 12.3. The summed E-state index contributed by atoms with van der Waals surface area (Å²) in [7, 11) is 0. The molecule has 3 rings (SSSR count). The van der Waals surface area contributed by atoms with Crippen molar-refractivity contribution < 1.29 is 14.3 Å². The SMILES string of the molecule is CCOC(=O)c1sc(-c2cc3cc(OC(C)CC)cc(Br)c3s2)nc1C. The number of rotatable bonds is 6. The number of carbonyl (C=O) groups excluding carboxylic acids is 1. The summed E-state index contributed by atoms with van der Waals surface area (Å²) in [6.45, 7) is 8.17. The fraction of sp³-hybridized carbons (Fsp3) is 0.368. The summed E-state index contributed by atoms with van der Waals surface area (Å²) in [5, 5.41) is 1.94. The number of hydrogen-bond donors (Lipinski definition) is 0. The lowest BCUT2D eigenvalue weighted by Gasteiger charge is -2.12. The van der Waals surface area contributed by atoms with E-state index in [1.807, 2.05) is 13.0 Å². The summed E-state index contributed by atoms with van der Waals surface area (Å²) in [5.41, 5.74) is 0.709. The number of esters is 1. The van der Waals surface area contributed by atoms with Gasteiger partial charge in [0.15, 0.2) is 0 Å². The molecule has 1 unspecified atom stereocenters. The Labute approximate surface area is 169 Å². The van der Waals surface area contributed by atoms with E-state index in [9.17, 15) is 4.79 Å². The smallest absolute Gasteiger partial charge is 0.350 e. The van der Waals surface area contributed by atoms with Crippen LogP contribution in [0.4, 0.5) is 0 Å². The number of aryl methyl sites for hydroxylation is 1. The zero-order chi connectivity index (χ0) is 18.8. The van der Waals surface area contributed by atoms with Gasteiger partial charge in [-0.25, -0.2) is 9.78 Å². The number of fused-ring (bicyclic) bond motifs is 1. The molecule has 7 heteroatoms. The number of halogens is 1. The lowest BCUT2D eigenvalue weighted by Crippen LogP contribution is -2.09. The van der Waals surface area contributed by atoms with Crippen molar-refractivity contribution >= 4 is 54.7 Å². The molecule has 1 aromatic carbocycles. The number of thiazole rings is 1. The molecular weight excluding hydrogens is 434 g/mol. The topological polar surface area (TPSA) is 48.4 Å². The first-order valence-electron chi connectivity index (χ1n) is 8.47. The third-order valence-corrected chi connectivity index (χ3v) is 7.30. The Hall–Kier alpha value is -1.44. The maximum Gasteiger partial charge on any atom is 0.350 e. The highest BCUT2D eigenvalue weighted by Gasteiger charge is 2.19. The molecule has 2 aromatic heterocycles. The molecule has 0 radical (unpaired) electrons. The van der Waals surface area contributed by atoms with Crippen LogP contribution in [-0.4, -0.2) is 23.7 Å². The molecule has 26 heavy (non-hydrogen) atoms. The molecular formula is C19H20BrNO3S2. The van der Waals surface area contributed by atoms with Gasteiger partial charge in [0.25, 0.3) is 0 Å². The van der Waals surface area contributed by atoms with Crippen LogP contribution >= 0.6 is 38.6 Å². The molecule has 1 atom stereocenters. The molecule has 0 aliphatic rings. The Bertz CT molecular complexity index is 948. The van der Waals surface area contributed by atoms with Gasteiger partial charge in [0.2, 0.25) is 0 Å². The van der Waals surface area contributed by atoms with Crippen molar-refractivity contribution in [3.8, 4) is 15.6 Å². The second kappa shape index (κ2) is 8.06. The van der Waals surface area contributed by atoms with E-state index in [4.69, 9.17) is 9.47 Å². The van der Waals surface area contributed by atoms with E-state index in [1.54, 1.807) is 18.3 Å². The van der Waals surface area contributed by atoms with Crippen LogP contribution in [0.5, 0.6) is 5.75 Å². The number of hydrogen-bond acceptors (Lipinski definition) is 6. The Balaban J connectivity index is 1.98. The molecule has 0 aliphatic heterocycles. The van der Waals surface area contributed by atoms with Crippen LogP contribution in [0.25, 0.3) is 20.0 Å². The number of nitrogens with zero attached hydrogens (tertiary/aromatic N) is 1. The van der Waals surface area contributed by atoms with Crippen LogP contribution in [0.1, 0.15) is 42.6 Å².